The number of halogens is 2. The first-order valence-electron chi connectivity index (χ1n) is 9.62. The Morgan fingerprint density at radius 1 is 1.03 bits per heavy atom. The molecule has 0 saturated carbocycles. The molecule has 0 saturated heterocycles. The van der Waals surface area contributed by atoms with Gasteiger partial charge < -0.3 is 13.4 Å². The van der Waals surface area contributed by atoms with Crippen LogP contribution in [0.3, 0.4) is 0 Å². The Bertz CT molecular complexity index is 1180. The highest BCUT2D eigenvalue weighted by Gasteiger charge is 2.12. The van der Waals surface area contributed by atoms with E-state index in [-0.39, 0.29) is 0 Å². The highest BCUT2D eigenvalue weighted by atomic mass is 35.5. The van der Waals surface area contributed by atoms with Crippen molar-refractivity contribution in [2.75, 3.05) is 17.2 Å². The Morgan fingerprint density at radius 3 is 2.48 bits per heavy atom. The minimum Gasteiger partial charge on any atom is -0.361 e. The van der Waals surface area contributed by atoms with Crippen molar-refractivity contribution in [3.8, 4) is 11.4 Å². The van der Waals surface area contributed by atoms with Gasteiger partial charge in [-0.15, -0.1) is 0 Å². The van der Waals surface area contributed by atoms with E-state index in [0.717, 1.165) is 33.2 Å². The average Bonchev–Trinajstić information content (AvgIpc) is 3.18. The van der Waals surface area contributed by atoms with Gasteiger partial charge in [-0.3, -0.25) is 0 Å². The zero-order valence-corrected chi connectivity index (χ0v) is 20.3. The van der Waals surface area contributed by atoms with Crippen molar-refractivity contribution in [1.29, 1.82) is 0 Å². The predicted molar refractivity (Wildman–Crippen MR) is 132 cm³/mol. The Balaban J connectivity index is 1.63. The van der Waals surface area contributed by atoms with Crippen LogP contribution in [0.5, 0.6) is 0 Å². The topological polar surface area (TPSA) is 51.4 Å². The first-order chi connectivity index (χ1) is 15.0. The van der Waals surface area contributed by atoms with E-state index in [4.69, 9.17) is 32.2 Å². The SMILES string of the molecule is CCOPCN(Sc1cc(Cl)cc(Cl)c1)c1ccc2cc(-c3noc(C)n3)ccc2c1. The number of fused-ring (bicyclic) bond motifs is 1. The maximum absolute atomic E-state index is 6.20. The van der Waals surface area contributed by atoms with E-state index < -0.39 is 0 Å². The molecule has 160 valence electrons. The molecule has 0 N–H and O–H groups in total. The first kappa shape index (κ1) is 22.4. The van der Waals surface area contributed by atoms with Crippen LogP contribution in [-0.4, -0.2) is 23.0 Å². The lowest BCUT2D eigenvalue weighted by atomic mass is 10.1. The molecule has 0 fully saturated rings. The molecule has 1 unspecified atom stereocenters. The van der Waals surface area contributed by atoms with Crippen molar-refractivity contribution in [2.24, 2.45) is 0 Å². The van der Waals surface area contributed by atoms with E-state index >= 15 is 0 Å². The maximum Gasteiger partial charge on any atom is 0.223 e. The summed E-state index contributed by atoms with van der Waals surface area (Å²) in [5.41, 5.74) is 2.00. The number of nitrogens with zero attached hydrogens (tertiary/aromatic N) is 3. The van der Waals surface area contributed by atoms with E-state index in [1.165, 1.54) is 0 Å². The molecule has 0 aliphatic carbocycles. The highest BCUT2D eigenvalue weighted by Crippen LogP contribution is 2.36. The second-order valence-corrected chi connectivity index (χ2v) is 9.55. The van der Waals surface area contributed by atoms with Crippen molar-refractivity contribution >= 4 is 60.4 Å². The third kappa shape index (κ3) is 5.71. The standard InChI is InChI=1S/C22H20Cl2N3O2PS/c1-3-28-30-13-27(31-21-11-18(23)10-19(24)12-21)20-7-6-15-8-17(5-4-16(15)9-20)22-25-14(2)29-26-22/h4-12,30H,3,13H2,1-2H3. The molecule has 0 radical (unpaired) electrons. The van der Waals surface area contributed by atoms with Crippen molar-refractivity contribution in [1.82, 2.24) is 10.1 Å². The van der Waals surface area contributed by atoms with Crippen LogP contribution in [0.15, 0.2) is 64.0 Å². The van der Waals surface area contributed by atoms with Crippen LogP contribution in [0.4, 0.5) is 5.69 Å². The Labute approximate surface area is 197 Å². The highest BCUT2D eigenvalue weighted by molar-refractivity contribution is 8.00. The molecule has 5 nitrogen and oxygen atoms in total. The van der Waals surface area contributed by atoms with Gasteiger partial charge >= 0.3 is 0 Å². The second kappa shape index (κ2) is 10.2. The molecule has 0 aliphatic heterocycles. The van der Waals surface area contributed by atoms with Gasteiger partial charge in [0.15, 0.2) is 0 Å². The third-order valence-corrected chi connectivity index (χ3v) is 7.01. The lowest BCUT2D eigenvalue weighted by Crippen LogP contribution is -2.12. The maximum atomic E-state index is 6.20. The van der Waals surface area contributed by atoms with Crippen molar-refractivity contribution in [2.45, 2.75) is 18.7 Å². The fraction of sp³-hybridized carbons (Fsp3) is 0.182. The van der Waals surface area contributed by atoms with E-state index in [2.05, 4.69) is 44.8 Å². The van der Waals surface area contributed by atoms with Crippen LogP contribution in [0.2, 0.25) is 10.0 Å². The minimum atomic E-state index is 0.355. The molecule has 0 amide bonds. The van der Waals surface area contributed by atoms with E-state index in [0.29, 0.717) is 37.2 Å². The van der Waals surface area contributed by atoms with Crippen molar-refractivity contribution in [3.05, 3.63) is 70.5 Å². The van der Waals surface area contributed by atoms with Gasteiger partial charge in [-0.1, -0.05) is 46.6 Å². The lowest BCUT2D eigenvalue weighted by Gasteiger charge is -2.23. The van der Waals surface area contributed by atoms with Gasteiger partial charge in [0.1, 0.15) is 0 Å². The van der Waals surface area contributed by atoms with Crippen molar-refractivity contribution in [3.63, 3.8) is 0 Å². The molecule has 1 heterocycles. The Hall–Kier alpha value is -1.82. The van der Waals surface area contributed by atoms with Gasteiger partial charge in [-0.25, -0.2) is 0 Å². The van der Waals surface area contributed by atoms with Gasteiger partial charge in [0, 0.05) is 48.5 Å². The number of aryl methyl sites for hydroxylation is 1. The molecule has 4 rings (SSSR count). The molecule has 0 aliphatic rings. The van der Waals surface area contributed by atoms with Crippen LogP contribution in [0.1, 0.15) is 12.8 Å². The summed E-state index contributed by atoms with van der Waals surface area (Å²) in [6.07, 6.45) is 0.744. The van der Waals surface area contributed by atoms with Gasteiger partial charge in [-0.2, -0.15) is 4.98 Å². The summed E-state index contributed by atoms with van der Waals surface area (Å²) >= 11 is 14.0. The van der Waals surface area contributed by atoms with Crippen LogP contribution >= 0.6 is 44.0 Å². The normalized spacial score (nSPS) is 11.6. The fourth-order valence-corrected chi connectivity index (χ4v) is 5.53. The number of hydrogen-bond donors (Lipinski definition) is 0. The molecule has 3 aromatic carbocycles. The largest absolute Gasteiger partial charge is 0.361 e. The Morgan fingerprint density at radius 2 is 1.77 bits per heavy atom. The minimum absolute atomic E-state index is 0.355. The molecule has 1 atom stereocenters. The summed E-state index contributed by atoms with van der Waals surface area (Å²) in [5, 5.41) is 7.47. The fourth-order valence-electron chi connectivity index (χ4n) is 3.03. The van der Waals surface area contributed by atoms with E-state index in [1.807, 2.05) is 25.1 Å². The third-order valence-electron chi connectivity index (χ3n) is 4.40. The molecular formula is C22H20Cl2N3O2PS. The number of benzene rings is 3. The molecule has 31 heavy (non-hydrogen) atoms. The molecule has 4 aromatic rings. The summed E-state index contributed by atoms with van der Waals surface area (Å²) in [5.74, 6) is 1.14. The monoisotopic (exact) mass is 491 g/mol. The van der Waals surface area contributed by atoms with Crippen LogP contribution < -0.4 is 4.31 Å². The summed E-state index contributed by atoms with van der Waals surface area (Å²) in [6, 6.07) is 18.1. The van der Waals surface area contributed by atoms with Crippen LogP contribution in [0, 0.1) is 6.92 Å². The quantitative estimate of drug-likeness (QED) is 0.143. The summed E-state index contributed by atoms with van der Waals surface area (Å²) < 4.78 is 12.9. The van der Waals surface area contributed by atoms with Crippen LogP contribution in [-0.2, 0) is 4.52 Å². The number of aromatic nitrogens is 2. The van der Waals surface area contributed by atoms with Crippen LogP contribution in [0.25, 0.3) is 22.2 Å². The average molecular weight is 492 g/mol. The van der Waals surface area contributed by atoms with Gasteiger partial charge in [0.2, 0.25) is 11.7 Å². The summed E-state index contributed by atoms with van der Waals surface area (Å²) in [4.78, 5) is 5.29. The summed E-state index contributed by atoms with van der Waals surface area (Å²) in [7, 11) is 0.355. The van der Waals surface area contributed by atoms with Crippen molar-refractivity contribution < 1.29 is 9.05 Å². The number of rotatable bonds is 8. The molecule has 0 spiro atoms. The zero-order valence-electron chi connectivity index (χ0n) is 16.9. The smallest absolute Gasteiger partial charge is 0.223 e. The van der Waals surface area contributed by atoms with E-state index in [9.17, 15) is 0 Å². The number of anilines is 1. The van der Waals surface area contributed by atoms with Gasteiger partial charge in [0.25, 0.3) is 0 Å². The lowest BCUT2D eigenvalue weighted by molar-refractivity contribution is 0.390. The summed E-state index contributed by atoms with van der Waals surface area (Å²) in [6.45, 7) is 4.47. The predicted octanol–water partition coefficient (Wildman–Crippen LogP) is 7.61. The number of hydrogen-bond acceptors (Lipinski definition) is 6. The molecule has 0 bridgehead atoms. The van der Waals surface area contributed by atoms with Gasteiger partial charge in [0.05, 0.1) is 6.29 Å². The Kier molecular flexibility index (Phi) is 7.36. The molecule has 9 heteroatoms. The first-order valence-corrected chi connectivity index (χ1v) is 12.3. The van der Waals surface area contributed by atoms with Gasteiger partial charge in [-0.05, 0) is 66.0 Å². The molecule has 1 aromatic heterocycles. The second-order valence-electron chi connectivity index (χ2n) is 6.69. The molecular weight excluding hydrogens is 472 g/mol. The zero-order chi connectivity index (χ0) is 21.8. The van der Waals surface area contributed by atoms with E-state index in [1.54, 1.807) is 24.9 Å².